The van der Waals surface area contributed by atoms with Crippen molar-refractivity contribution in [2.75, 3.05) is 4.90 Å². The van der Waals surface area contributed by atoms with Gasteiger partial charge in [0, 0.05) is 21.9 Å². The molecule has 0 atom stereocenters. The summed E-state index contributed by atoms with van der Waals surface area (Å²) < 4.78 is 6.82. The molecule has 0 radical (unpaired) electrons. The van der Waals surface area contributed by atoms with Crippen molar-refractivity contribution < 1.29 is 4.74 Å². The molecule has 0 unspecified atom stereocenters. The maximum absolute atomic E-state index is 6.82. The molecule has 0 amide bonds. The first-order valence-electron chi connectivity index (χ1n) is 18.3. The van der Waals surface area contributed by atoms with Gasteiger partial charge in [0.2, 0.25) is 0 Å². The second-order valence-electron chi connectivity index (χ2n) is 15.4. The fraction of sp³-hybridized carbons (Fsp3) is 0.120. The molecule has 10 rings (SSSR count). The fourth-order valence-corrected chi connectivity index (χ4v) is 8.91. The van der Waals surface area contributed by atoms with Gasteiger partial charge in [0.1, 0.15) is 0 Å². The number of ether oxygens (including phenoxy) is 1. The predicted octanol–water partition coefficient (Wildman–Crippen LogP) is 13.9. The van der Waals surface area contributed by atoms with Gasteiger partial charge in [0.15, 0.2) is 11.5 Å². The molecule has 250 valence electrons. The summed E-state index contributed by atoms with van der Waals surface area (Å²) in [7, 11) is 0. The third-order valence-corrected chi connectivity index (χ3v) is 11.7. The molecule has 0 fully saturated rings. The minimum atomic E-state index is -0.118. The molecular weight excluding hydrogens is 631 g/mol. The average Bonchev–Trinajstić information content (AvgIpc) is 3.19. The van der Waals surface area contributed by atoms with Crippen molar-refractivity contribution in [3.8, 4) is 33.8 Å². The van der Waals surface area contributed by atoms with Crippen LogP contribution in [0.25, 0.3) is 43.8 Å². The summed E-state index contributed by atoms with van der Waals surface area (Å²) >= 11 is 0. The normalized spacial score (nSPS) is 15.0. The van der Waals surface area contributed by atoms with Gasteiger partial charge < -0.3 is 9.64 Å². The fourth-order valence-electron chi connectivity index (χ4n) is 8.91. The molecule has 0 saturated heterocycles. The second-order valence-corrected chi connectivity index (χ2v) is 15.4. The summed E-state index contributed by atoms with van der Waals surface area (Å²) in [6.45, 7) is 9.46. The Morgan fingerprint density at radius 3 is 1.77 bits per heavy atom. The van der Waals surface area contributed by atoms with E-state index in [1.165, 1.54) is 55.3 Å². The van der Waals surface area contributed by atoms with Gasteiger partial charge in [0.25, 0.3) is 0 Å². The lowest BCUT2D eigenvalue weighted by Gasteiger charge is -2.44. The lowest BCUT2D eigenvalue weighted by molar-refractivity contribution is 0.482. The molecule has 2 heteroatoms. The average molecular weight is 670 g/mol. The highest BCUT2D eigenvalue weighted by atomic mass is 16.5. The molecule has 0 spiro atoms. The van der Waals surface area contributed by atoms with Gasteiger partial charge in [-0.25, -0.2) is 0 Å². The highest BCUT2D eigenvalue weighted by molar-refractivity contribution is 6.01. The molecule has 1 heterocycles. The molecule has 0 saturated carbocycles. The predicted molar refractivity (Wildman–Crippen MR) is 218 cm³/mol. The van der Waals surface area contributed by atoms with Crippen LogP contribution in [0, 0.1) is 0 Å². The third kappa shape index (κ3) is 4.50. The summed E-state index contributed by atoms with van der Waals surface area (Å²) in [5, 5.41) is 4.77. The van der Waals surface area contributed by atoms with E-state index in [0.717, 1.165) is 39.3 Å². The Morgan fingerprint density at radius 1 is 0.423 bits per heavy atom. The Labute approximate surface area is 305 Å². The lowest BCUT2D eigenvalue weighted by atomic mass is 9.60. The first kappa shape index (κ1) is 30.7. The van der Waals surface area contributed by atoms with Crippen molar-refractivity contribution in [2.45, 2.75) is 38.5 Å². The van der Waals surface area contributed by atoms with Crippen molar-refractivity contribution in [3.63, 3.8) is 0 Å². The molecule has 8 aromatic rings. The number of benzene rings is 8. The lowest BCUT2D eigenvalue weighted by Crippen LogP contribution is -2.36. The van der Waals surface area contributed by atoms with E-state index in [-0.39, 0.29) is 10.8 Å². The van der Waals surface area contributed by atoms with Crippen LogP contribution in [-0.4, -0.2) is 0 Å². The molecule has 8 aromatic carbocycles. The highest BCUT2D eigenvalue weighted by Gasteiger charge is 2.41. The molecule has 2 nitrogen and oxygen atoms in total. The number of hydrogen-bond acceptors (Lipinski definition) is 2. The Morgan fingerprint density at radius 2 is 1.00 bits per heavy atom. The molecule has 0 bridgehead atoms. The van der Waals surface area contributed by atoms with Gasteiger partial charge in [-0.05, 0) is 97.1 Å². The number of rotatable bonds is 3. The standard InChI is InChI=1S/C50H39NO/c1-49(2)41-18-9-10-19-42(41)50(3,4)44-30-35(22-27-43(44)49)36-24-29-47-46(31-36)51(45-28-23-33-13-6-8-16-40(33)48(45)52-47)37-25-20-34(21-26-37)39-17-11-14-32-12-5-7-15-38(32)39/h5-31H,1-4H3. The zero-order chi connectivity index (χ0) is 35.2. The van der Waals surface area contributed by atoms with E-state index in [1.807, 2.05) is 0 Å². The van der Waals surface area contributed by atoms with Gasteiger partial charge in [-0.2, -0.15) is 0 Å². The Balaban J connectivity index is 1.12. The van der Waals surface area contributed by atoms with E-state index in [4.69, 9.17) is 4.74 Å². The summed E-state index contributed by atoms with van der Waals surface area (Å²) in [6.07, 6.45) is 0. The van der Waals surface area contributed by atoms with E-state index in [0.29, 0.717) is 0 Å². The second kappa shape index (κ2) is 11.2. The van der Waals surface area contributed by atoms with Gasteiger partial charge in [-0.1, -0.05) is 155 Å². The molecule has 0 N–H and O–H groups in total. The van der Waals surface area contributed by atoms with E-state index in [1.54, 1.807) is 0 Å². The van der Waals surface area contributed by atoms with Crippen LogP contribution in [0.15, 0.2) is 164 Å². The summed E-state index contributed by atoms with van der Waals surface area (Å²) in [6, 6.07) is 59.8. The van der Waals surface area contributed by atoms with E-state index >= 15 is 0 Å². The minimum absolute atomic E-state index is 0.0782. The van der Waals surface area contributed by atoms with Crippen LogP contribution in [0.4, 0.5) is 17.1 Å². The molecule has 1 aliphatic carbocycles. The van der Waals surface area contributed by atoms with Crippen molar-refractivity contribution >= 4 is 38.6 Å². The Kier molecular flexibility index (Phi) is 6.60. The highest BCUT2D eigenvalue weighted by Crippen LogP contribution is 2.55. The van der Waals surface area contributed by atoms with Gasteiger partial charge in [-0.15, -0.1) is 0 Å². The molecule has 2 aliphatic rings. The van der Waals surface area contributed by atoms with E-state index in [2.05, 4.69) is 196 Å². The largest absolute Gasteiger partial charge is 0.452 e. The van der Waals surface area contributed by atoms with E-state index in [9.17, 15) is 0 Å². The molecule has 1 aliphatic heterocycles. The van der Waals surface area contributed by atoms with Crippen LogP contribution in [0.2, 0.25) is 0 Å². The quantitative estimate of drug-likeness (QED) is 0.186. The van der Waals surface area contributed by atoms with Crippen LogP contribution >= 0.6 is 0 Å². The van der Waals surface area contributed by atoms with Gasteiger partial charge in [-0.3, -0.25) is 0 Å². The van der Waals surface area contributed by atoms with Crippen LogP contribution in [0.1, 0.15) is 49.9 Å². The van der Waals surface area contributed by atoms with E-state index < -0.39 is 0 Å². The minimum Gasteiger partial charge on any atom is -0.452 e. The van der Waals surface area contributed by atoms with Gasteiger partial charge >= 0.3 is 0 Å². The zero-order valence-electron chi connectivity index (χ0n) is 29.9. The van der Waals surface area contributed by atoms with Gasteiger partial charge in [0.05, 0.1) is 11.4 Å². The van der Waals surface area contributed by atoms with Crippen molar-refractivity contribution in [1.82, 2.24) is 0 Å². The molecular formula is C50H39NO. The SMILES string of the molecule is CC1(C)c2ccccc2C(C)(C)c2cc(-c3ccc4c(c3)N(c3ccc(-c5cccc6ccccc56)cc3)c3ccc5ccccc5c3O4)ccc21. The number of anilines is 3. The van der Waals surface area contributed by atoms with Crippen LogP contribution in [0.3, 0.4) is 0 Å². The summed E-state index contributed by atoms with van der Waals surface area (Å²) in [5.74, 6) is 1.73. The number of hydrogen-bond donors (Lipinski definition) is 0. The summed E-state index contributed by atoms with van der Waals surface area (Å²) in [5.41, 5.74) is 13.4. The van der Waals surface area contributed by atoms with Crippen LogP contribution < -0.4 is 9.64 Å². The monoisotopic (exact) mass is 669 g/mol. The number of nitrogens with zero attached hydrogens (tertiary/aromatic N) is 1. The van der Waals surface area contributed by atoms with Crippen molar-refractivity contribution in [3.05, 3.63) is 186 Å². The zero-order valence-corrected chi connectivity index (χ0v) is 29.9. The third-order valence-electron chi connectivity index (χ3n) is 11.7. The Hall–Kier alpha value is -6.12. The first-order chi connectivity index (χ1) is 25.3. The first-order valence-corrected chi connectivity index (χ1v) is 18.3. The maximum atomic E-state index is 6.82. The smallest absolute Gasteiger partial charge is 0.159 e. The van der Waals surface area contributed by atoms with Crippen molar-refractivity contribution in [1.29, 1.82) is 0 Å². The van der Waals surface area contributed by atoms with Crippen LogP contribution in [0.5, 0.6) is 11.5 Å². The summed E-state index contributed by atoms with van der Waals surface area (Å²) in [4.78, 5) is 2.37. The topological polar surface area (TPSA) is 12.5 Å². The molecule has 52 heavy (non-hydrogen) atoms. The Bertz CT molecular complexity index is 2710. The molecule has 0 aromatic heterocycles. The number of fused-ring (bicyclic) bond motifs is 7. The van der Waals surface area contributed by atoms with Crippen LogP contribution in [-0.2, 0) is 10.8 Å². The maximum Gasteiger partial charge on any atom is 0.159 e. The van der Waals surface area contributed by atoms with Crippen molar-refractivity contribution in [2.24, 2.45) is 0 Å².